The Bertz CT molecular complexity index is 393. The molecule has 134 valence electrons. The van der Waals surface area contributed by atoms with Gasteiger partial charge in [0.2, 0.25) is 0 Å². The zero-order valence-electron chi connectivity index (χ0n) is 15.2. The molecule has 1 saturated heterocycles. The molecule has 0 bridgehead atoms. The van der Waals surface area contributed by atoms with Gasteiger partial charge in [-0.2, -0.15) is 0 Å². The van der Waals surface area contributed by atoms with Crippen LogP contribution in [0, 0.1) is 0 Å². The Hall–Kier alpha value is -0.480. The van der Waals surface area contributed by atoms with Gasteiger partial charge in [0, 0.05) is 49.0 Å². The van der Waals surface area contributed by atoms with Crippen LogP contribution in [0.5, 0.6) is 0 Å². The lowest BCUT2D eigenvalue weighted by molar-refractivity contribution is 0.185. The molecule has 1 aromatic rings. The summed E-state index contributed by atoms with van der Waals surface area (Å²) in [6, 6.07) is 9.42. The summed E-state index contributed by atoms with van der Waals surface area (Å²) >= 11 is 5.82. The molecule has 1 N–H and O–H groups in total. The van der Waals surface area contributed by atoms with Crippen molar-refractivity contribution in [1.29, 1.82) is 0 Å². The highest BCUT2D eigenvalue weighted by Crippen LogP contribution is 2.17. The first-order valence-corrected chi connectivity index (χ1v) is 8.80. The topological polar surface area (TPSA) is 18.5 Å². The summed E-state index contributed by atoms with van der Waals surface area (Å²) in [6.45, 7) is 16.6. The highest BCUT2D eigenvalue weighted by atomic mass is 35.5. The second-order valence-corrected chi connectivity index (χ2v) is 6.67. The molecule has 1 aliphatic rings. The van der Waals surface area contributed by atoms with Gasteiger partial charge in [0.15, 0.2) is 0 Å². The van der Waals surface area contributed by atoms with E-state index >= 15 is 0 Å². The van der Waals surface area contributed by atoms with E-state index in [-0.39, 0.29) is 12.4 Å². The maximum absolute atomic E-state index is 5.82. The summed E-state index contributed by atoms with van der Waals surface area (Å²) in [4.78, 5) is 4.83. The number of nitrogens with one attached hydrogen (secondary N) is 1. The van der Waals surface area contributed by atoms with Crippen molar-refractivity contribution in [2.45, 2.75) is 46.7 Å². The fourth-order valence-corrected chi connectivity index (χ4v) is 3.03. The van der Waals surface area contributed by atoms with Gasteiger partial charge in [-0.15, -0.1) is 12.4 Å². The number of benzene rings is 1. The molecule has 0 aliphatic carbocycles. The average Bonchev–Trinajstić information content (AvgIpc) is 2.49. The minimum atomic E-state index is 0. The molecule has 1 fully saturated rings. The normalized spacial score (nSPS) is 14.6. The molecule has 0 radical (unpaired) electrons. The van der Waals surface area contributed by atoms with Crippen LogP contribution in [0.3, 0.4) is 0 Å². The molecular formula is C18H33Cl2N3. The van der Waals surface area contributed by atoms with Crippen LogP contribution in [0.4, 0.5) is 5.69 Å². The van der Waals surface area contributed by atoms with Gasteiger partial charge in [-0.1, -0.05) is 18.5 Å². The molecule has 0 aromatic heterocycles. The summed E-state index contributed by atoms with van der Waals surface area (Å²) in [5.41, 5.74) is 1.27. The number of rotatable bonds is 4. The number of nitrogens with zero attached hydrogens (tertiary/aromatic N) is 2. The zero-order valence-corrected chi connectivity index (χ0v) is 16.8. The third kappa shape index (κ3) is 8.25. The lowest BCUT2D eigenvalue weighted by Crippen LogP contribution is -2.43. The van der Waals surface area contributed by atoms with E-state index in [0.29, 0.717) is 12.1 Å². The maximum atomic E-state index is 5.82. The first kappa shape index (κ1) is 22.5. The van der Waals surface area contributed by atoms with E-state index in [0.717, 1.165) is 37.7 Å². The van der Waals surface area contributed by atoms with E-state index < -0.39 is 0 Å². The number of anilines is 1. The fourth-order valence-electron chi connectivity index (χ4n) is 2.90. The van der Waals surface area contributed by atoms with E-state index in [4.69, 9.17) is 11.6 Å². The molecule has 23 heavy (non-hydrogen) atoms. The zero-order chi connectivity index (χ0) is 16.5. The van der Waals surface area contributed by atoms with Crippen LogP contribution >= 0.6 is 24.0 Å². The molecule has 2 rings (SSSR count). The summed E-state index contributed by atoms with van der Waals surface area (Å²) in [6.07, 6.45) is 0. The van der Waals surface area contributed by atoms with Crippen molar-refractivity contribution in [2.75, 3.05) is 37.6 Å². The van der Waals surface area contributed by atoms with Crippen molar-refractivity contribution in [2.24, 2.45) is 0 Å². The molecule has 5 heteroatoms. The van der Waals surface area contributed by atoms with Gasteiger partial charge in [-0.3, -0.25) is 4.90 Å². The van der Waals surface area contributed by atoms with Crippen molar-refractivity contribution in [3.63, 3.8) is 0 Å². The van der Waals surface area contributed by atoms with E-state index in [1.165, 1.54) is 5.69 Å². The van der Waals surface area contributed by atoms with Crippen molar-refractivity contribution in [3.8, 4) is 0 Å². The Balaban J connectivity index is 0.000000434. The first-order chi connectivity index (χ1) is 10.5. The van der Waals surface area contributed by atoms with E-state index in [1.54, 1.807) is 0 Å². The highest BCUT2D eigenvalue weighted by molar-refractivity contribution is 6.30. The molecule has 0 spiro atoms. The largest absolute Gasteiger partial charge is 0.369 e. The number of hydrogen-bond donors (Lipinski definition) is 1. The summed E-state index contributed by atoms with van der Waals surface area (Å²) in [7, 11) is 0. The third-order valence-corrected chi connectivity index (χ3v) is 4.25. The van der Waals surface area contributed by atoms with Gasteiger partial charge in [0.1, 0.15) is 0 Å². The van der Waals surface area contributed by atoms with Gasteiger partial charge < -0.3 is 10.2 Å². The van der Waals surface area contributed by atoms with Crippen molar-refractivity contribution in [3.05, 3.63) is 29.3 Å². The molecule has 1 heterocycles. The lowest BCUT2D eigenvalue weighted by Gasteiger charge is -2.29. The molecule has 0 unspecified atom stereocenters. The number of piperazine rings is 1. The third-order valence-electron chi connectivity index (χ3n) is 4.00. The summed E-state index contributed by atoms with van der Waals surface area (Å²) in [5.74, 6) is 0. The molecule has 0 saturated carbocycles. The van der Waals surface area contributed by atoms with Crippen LogP contribution in [0.1, 0.15) is 34.6 Å². The predicted octanol–water partition coefficient (Wildman–Crippen LogP) is 4.30. The van der Waals surface area contributed by atoms with Crippen LogP contribution in [-0.4, -0.2) is 49.7 Å². The molecule has 0 amide bonds. The Morgan fingerprint density at radius 3 is 1.87 bits per heavy atom. The highest BCUT2D eigenvalue weighted by Gasteiger charge is 2.09. The van der Waals surface area contributed by atoms with Crippen LogP contribution in [-0.2, 0) is 0 Å². The molecule has 0 atom stereocenters. The first-order valence-electron chi connectivity index (χ1n) is 8.42. The lowest BCUT2D eigenvalue weighted by atomic mass is 10.2. The summed E-state index contributed by atoms with van der Waals surface area (Å²) in [5, 5.41) is 4.13. The smallest absolute Gasteiger partial charge is 0.0407 e. The Morgan fingerprint density at radius 2 is 1.52 bits per heavy atom. The van der Waals surface area contributed by atoms with Gasteiger partial charge in [-0.25, -0.2) is 0 Å². The van der Waals surface area contributed by atoms with Crippen molar-refractivity contribution in [1.82, 2.24) is 10.2 Å². The molecule has 1 aromatic carbocycles. The average molecular weight is 362 g/mol. The SMILES string of the molecule is CCN(C(C)C)C(C)C.Cl.Clc1ccc(N2CCNCC2)cc1. The minimum Gasteiger partial charge on any atom is -0.369 e. The second kappa shape index (κ2) is 12.0. The van der Waals surface area contributed by atoms with Crippen LogP contribution in [0.2, 0.25) is 5.02 Å². The maximum Gasteiger partial charge on any atom is 0.0407 e. The van der Waals surface area contributed by atoms with Gasteiger partial charge in [0.05, 0.1) is 0 Å². The fraction of sp³-hybridized carbons (Fsp3) is 0.667. The van der Waals surface area contributed by atoms with Crippen LogP contribution in [0.25, 0.3) is 0 Å². The second-order valence-electron chi connectivity index (χ2n) is 6.23. The van der Waals surface area contributed by atoms with Crippen LogP contribution < -0.4 is 10.2 Å². The van der Waals surface area contributed by atoms with E-state index in [2.05, 4.69) is 61.9 Å². The minimum absolute atomic E-state index is 0. The Morgan fingerprint density at radius 1 is 1.04 bits per heavy atom. The van der Waals surface area contributed by atoms with Gasteiger partial charge >= 0.3 is 0 Å². The molecular weight excluding hydrogens is 329 g/mol. The molecule has 1 aliphatic heterocycles. The van der Waals surface area contributed by atoms with Crippen molar-refractivity contribution < 1.29 is 0 Å². The van der Waals surface area contributed by atoms with Crippen molar-refractivity contribution >= 4 is 29.7 Å². The summed E-state index contributed by atoms with van der Waals surface area (Å²) < 4.78 is 0. The Labute approximate surface area is 153 Å². The standard InChI is InChI=1S/C10H13ClN2.C8H19N.ClH/c11-9-1-3-10(4-2-9)13-7-5-12-6-8-13;1-6-9(7(2)3)8(4)5;/h1-4,12H,5-8H2;7-8H,6H2,1-5H3;1H. The quantitative estimate of drug-likeness (QED) is 0.862. The van der Waals surface area contributed by atoms with Gasteiger partial charge in [0.25, 0.3) is 0 Å². The van der Waals surface area contributed by atoms with E-state index in [1.807, 2.05) is 12.1 Å². The van der Waals surface area contributed by atoms with Gasteiger partial charge in [-0.05, 0) is 58.5 Å². The predicted molar refractivity (Wildman–Crippen MR) is 106 cm³/mol. The Kier molecular flexibility index (Phi) is 11.7. The number of halogens is 2. The van der Waals surface area contributed by atoms with E-state index in [9.17, 15) is 0 Å². The number of hydrogen-bond acceptors (Lipinski definition) is 3. The van der Waals surface area contributed by atoms with Crippen LogP contribution in [0.15, 0.2) is 24.3 Å². The molecule has 3 nitrogen and oxygen atoms in total. The monoisotopic (exact) mass is 361 g/mol.